The highest BCUT2D eigenvalue weighted by atomic mass is 79.9. The van der Waals surface area contributed by atoms with Crippen molar-refractivity contribution >= 4 is 33.4 Å². The van der Waals surface area contributed by atoms with Gasteiger partial charge in [-0.05, 0) is 37.5 Å². The summed E-state index contributed by atoms with van der Waals surface area (Å²) in [7, 11) is 0. The monoisotopic (exact) mass is 340 g/mol. The van der Waals surface area contributed by atoms with Gasteiger partial charge in [-0.2, -0.15) is 0 Å². The van der Waals surface area contributed by atoms with Crippen LogP contribution in [0.3, 0.4) is 0 Å². The molecule has 0 aliphatic heterocycles. The first-order chi connectivity index (χ1) is 9.43. The molecule has 0 aliphatic carbocycles. The molecule has 1 aromatic rings. The molecule has 1 rings (SSSR count). The Morgan fingerprint density at radius 1 is 1.30 bits per heavy atom. The Morgan fingerprint density at radius 2 is 2.00 bits per heavy atom. The van der Waals surface area contributed by atoms with E-state index in [1.165, 1.54) is 0 Å². The second-order valence-corrected chi connectivity index (χ2v) is 5.89. The third-order valence-corrected chi connectivity index (χ3v) is 4.02. The van der Waals surface area contributed by atoms with E-state index in [1.807, 2.05) is 39.0 Å². The van der Waals surface area contributed by atoms with Crippen LogP contribution >= 0.6 is 15.9 Å². The van der Waals surface area contributed by atoms with E-state index in [1.54, 1.807) is 0 Å². The van der Waals surface area contributed by atoms with E-state index in [-0.39, 0.29) is 23.1 Å². The fraction of sp³-hybridized carbons (Fsp3) is 0.467. The molecule has 0 heterocycles. The number of carbonyl (C=O) groups is 2. The van der Waals surface area contributed by atoms with E-state index in [0.29, 0.717) is 6.54 Å². The number of halogens is 1. The van der Waals surface area contributed by atoms with Gasteiger partial charge in [-0.15, -0.1) is 0 Å². The fourth-order valence-corrected chi connectivity index (χ4v) is 1.84. The quantitative estimate of drug-likeness (QED) is 0.782. The topological polar surface area (TPSA) is 58.2 Å². The summed E-state index contributed by atoms with van der Waals surface area (Å²) in [6.45, 7) is 6.20. The molecule has 2 N–H and O–H groups in total. The Hall–Kier alpha value is -1.36. The zero-order chi connectivity index (χ0) is 15.1. The van der Waals surface area contributed by atoms with E-state index >= 15 is 0 Å². The van der Waals surface area contributed by atoms with Gasteiger partial charge in [-0.1, -0.05) is 35.0 Å². The van der Waals surface area contributed by atoms with Crippen LogP contribution in [-0.4, -0.2) is 23.2 Å². The van der Waals surface area contributed by atoms with Crippen LogP contribution in [0, 0.1) is 13.8 Å². The fourth-order valence-electron chi connectivity index (χ4n) is 1.68. The molecule has 0 radical (unpaired) electrons. The number of carbonyl (C=O) groups excluding carboxylic acids is 2. The molecule has 0 unspecified atom stereocenters. The second-order valence-electron chi connectivity index (χ2n) is 4.78. The zero-order valence-corrected chi connectivity index (χ0v) is 13.7. The minimum atomic E-state index is -0.190. The highest BCUT2D eigenvalue weighted by Gasteiger charge is 2.12. The van der Waals surface area contributed by atoms with Crippen molar-refractivity contribution in [3.8, 4) is 0 Å². The average molecular weight is 341 g/mol. The molecule has 2 amide bonds. The maximum atomic E-state index is 11.8. The average Bonchev–Trinajstić information content (AvgIpc) is 2.41. The number of aryl methyl sites for hydroxylation is 2. The Morgan fingerprint density at radius 3 is 2.65 bits per heavy atom. The third-order valence-electron chi connectivity index (χ3n) is 2.96. The molecule has 20 heavy (non-hydrogen) atoms. The molecule has 0 fully saturated rings. The molecule has 110 valence electrons. The number of nitrogens with one attached hydrogen (secondary N) is 2. The van der Waals surface area contributed by atoms with E-state index in [9.17, 15) is 9.59 Å². The van der Waals surface area contributed by atoms with Crippen molar-refractivity contribution in [3.05, 3.63) is 29.3 Å². The molecular formula is C15H21BrN2O2. The summed E-state index contributed by atoms with van der Waals surface area (Å²) in [6, 6.07) is 5.92. The van der Waals surface area contributed by atoms with Crippen LogP contribution < -0.4 is 10.6 Å². The minimum absolute atomic E-state index is 0.0768. The second kappa shape index (κ2) is 8.04. The molecule has 1 atom stereocenters. The highest BCUT2D eigenvalue weighted by Crippen LogP contribution is 2.16. The first-order valence-electron chi connectivity index (χ1n) is 6.73. The van der Waals surface area contributed by atoms with Crippen molar-refractivity contribution < 1.29 is 9.59 Å². The lowest BCUT2D eigenvalue weighted by atomic mass is 10.1. The maximum Gasteiger partial charge on any atom is 0.233 e. The van der Waals surface area contributed by atoms with Crippen LogP contribution in [0.5, 0.6) is 0 Å². The van der Waals surface area contributed by atoms with Crippen molar-refractivity contribution in [3.63, 3.8) is 0 Å². The van der Waals surface area contributed by atoms with Crippen LogP contribution in [-0.2, 0) is 9.59 Å². The molecule has 0 saturated heterocycles. The Kier molecular flexibility index (Phi) is 6.71. The van der Waals surface area contributed by atoms with E-state index in [2.05, 4.69) is 26.6 Å². The number of rotatable bonds is 6. The first-order valence-corrected chi connectivity index (χ1v) is 7.64. The summed E-state index contributed by atoms with van der Waals surface area (Å²) in [4.78, 5) is 23.2. The molecule has 5 heteroatoms. The van der Waals surface area contributed by atoms with E-state index in [0.717, 1.165) is 23.2 Å². The van der Waals surface area contributed by atoms with E-state index in [4.69, 9.17) is 0 Å². The molecule has 0 bridgehead atoms. The van der Waals surface area contributed by atoms with Crippen molar-refractivity contribution in [2.45, 2.75) is 38.4 Å². The highest BCUT2D eigenvalue weighted by molar-refractivity contribution is 9.10. The van der Waals surface area contributed by atoms with Gasteiger partial charge in [0.2, 0.25) is 11.8 Å². The van der Waals surface area contributed by atoms with Crippen molar-refractivity contribution in [2.75, 3.05) is 11.9 Å². The van der Waals surface area contributed by atoms with Gasteiger partial charge in [0.05, 0.1) is 4.83 Å². The first kappa shape index (κ1) is 16.7. The van der Waals surface area contributed by atoms with Crippen LogP contribution in [0.1, 0.15) is 30.9 Å². The van der Waals surface area contributed by atoms with Crippen molar-refractivity contribution in [1.82, 2.24) is 5.32 Å². The molecule has 0 aromatic heterocycles. The summed E-state index contributed by atoms with van der Waals surface area (Å²) < 4.78 is 0. The zero-order valence-electron chi connectivity index (χ0n) is 12.1. The van der Waals surface area contributed by atoms with Gasteiger partial charge in [0, 0.05) is 18.7 Å². The molecule has 0 aliphatic rings. The molecule has 0 saturated carbocycles. The normalized spacial score (nSPS) is 11.8. The SMILES string of the molecule is CC[C@H](Br)C(=O)NCCC(=O)Nc1cc(C)ccc1C. The largest absolute Gasteiger partial charge is 0.355 e. The molecule has 4 nitrogen and oxygen atoms in total. The summed E-state index contributed by atoms with van der Waals surface area (Å²) >= 11 is 3.27. The van der Waals surface area contributed by atoms with Gasteiger partial charge in [0.1, 0.15) is 0 Å². The lowest BCUT2D eigenvalue weighted by Crippen LogP contribution is -2.33. The predicted octanol–water partition coefficient (Wildman–Crippen LogP) is 2.92. The van der Waals surface area contributed by atoms with Crippen LogP contribution in [0.4, 0.5) is 5.69 Å². The lowest BCUT2D eigenvalue weighted by molar-refractivity contribution is -0.120. The third kappa shape index (κ3) is 5.33. The van der Waals surface area contributed by atoms with Gasteiger partial charge in [-0.25, -0.2) is 0 Å². The van der Waals surface area contributed by atoms with Crippen molar-refractivity contribution in [2.24, 2.45) is 0 Å². The predicted molar refractivity (Wildman–Crippen MR) is 85.2 cm³/mol. The van der Waals surface area contributed by atoms with Crippen molar-refractivity contribution in [1.29, 1.82) is 0 Å². The minimum Gasteiger partial charge on any atom is -0.355 e. The van der Waals surface area contributed by atoms with Gasteiger partial charge >= 0.3 is 0 Å². The number of alkyl halides is 1. The molecular weight excluding hydrogens is 320 g/mol. The summed E-state index contributed by atoms with van der Waals surface area (Å²) in [5.41, 5.74) is 2.96. The molecule has 0 spiro atoms. The lowest BCUT2D eigenvalue weighted by Gasteiger charge is -2.11. The van der Waals surface area contributed by atoms with Crippen LogP contribution in [0.15, 0.2) is 18.2 Å². The smallest absolute Gasteiger partial charge is 0.233 e. The summed E-state index contributed by atoms with van der Waals surface area (Å²) in [5.74, 6) is -0.173. The standard InChI is InChI=1S/C15H21BrN2O2/c1-4-12(16)15(20)17-8-7-14(19)18-13-9-10(2)5-6-11(13)3/h5-6,9,12H,4,7-8H2,1-3H3,(H,17,20)(H,18,19)/t12-/m0/s1. The number of hydrogen-bond acceptors (Lipinski definition) is 2. The van der Waals surface area contributed by atoms with Gasteiger partial charge in [-0.3, -0.25) is 9.59 Å². The maximum absolute atomic E-state index is 11.8. The van der Waals surface area contributed by atoms with Gasteiger partial charge < -0.3 is 10.6 Å². The van der Waals surface area contributed by atoms with E-state index < -0.39 is 0 Å². The van der Waals surface area contributed by atoms with Gasteiger partial charge in [0.15, 0.2) is 0 Å². The van der Waals surface area contributed by atoms with Gasteiger partial charge in [0.25, 0.3) is 0 Å². The molecule has 1 aromatic carbocycles. The number of anilines is 1. The van der Waals surface area contributed by atoms with Crippen LogP contribution in [0.25, 0.3) is 0 Å². The number of amides is 2. The Bertz CT molecular complexity index is 489. The Balaban J connectivity index is 2.41. The Labute approximate surface area is 128 Å². The summed E-state index contributed by atoms with van der Waals surface area (Å²) in [6.07, 6.45) is 0.989. The van der Waals surface area contributed by atoms with Crippen LogP contribution in [0.2, 0.25) is 0 Å². The number of hydrogen-bond donors (Lipinski definition) is 2. The summed E-state index contributed by atoms with van der Waals surface area (Å²) in [5, 5.41) is 5.60. The number of benzene rings is 1.